The number of halogens is 3. The molecule has 2 aromatic rings. The minimum Gasteiger partial charge on any atom is -0.278 e. The van der Waals surface area contributed by atoms with Crippen molar-refractivity contribution in [1.82, 2.24) is 10.2 Å². The Kier molecular flexibility index (Phi) is 2.14. The van der Waals surface area contributed by atoms with Crippen LogP contribution in [0.3, 0.4) is 0 Å². The van der Waals surface area contributed by atoms with Gasteiger partial charge in [0.2, 0.25) is 0 Å². The zero-order valence-electron chi connectivity index (χ0n) is 6.80. The van der Waals surface area contributed by atoms with E-state index in [1.807, 2.05) is 0 Å². The smallest absolute Gasteiger partial charge is 0.278 e. The molecule has 6 heteroatoms. The average molecular weight is 218 g/mol. The molecule has 0 atom stereocenters. The highest BCUT2D eigenvalue weighted by molar-refractivity contribution is 8.00. The summed E-state index contributed by atoms with van der Waals surface area (Å²) in [6, 6.07) is 4.46. The summed E-state index contributed by atoms with van der Waals surface area (Å²) in [5.74, 6) is 0. The van der Waals surface area contributed by atoms with Crippen LogP contribution in [0.2, 0.25) is 0 Å². The summed E-state index contributed by atoms with van der Waals surface area (Å²) in [7, 11) is 0. The molecule has 0 aliphatic heterocycles. The third-order valence-corrected chi connectivity index (χ3v) is 2.37. The SMILES string of the molecule is FC(F)(F)Sc1ccc2cn[nH]c2c1. The molecule has 14 heavy (non-hydrogen) atoms. The van der Waals surface area contributed by atoms with Crippen molar-refractivity contribution in [3.8, 4) is 0 Å². The van der Waals surface area contributed by atoms with E-state index in [0.717, 1.165) is 5.39 Å². The Hall–Kier alpha value is -1.17. The quantitative estimate of drug-likeness (QED) is 0.745. The summed E-state index contributed by atoms with van der Waals surface area (Å²) in [5, 5.41) is 7.14. The van der Waals surface area contributed by atoms with E-state index in [-0.39, 0.29) is 16.7 Å². The van der Waals surface area contributed by atoms with Gasteiger partial charge in [-0.05, 0) is 23.9 Å². The molecule has 1 aromatic carbocycles. The number of hydrogen-bond donors (Lipinski definition) is 1. The van der Waals surface area contributed by atoms with Gasteiger partial charge >= 0.3 is 5.51 Å². The Morgan fingerprint density at radius 1 is 1.29 bits per heavy atom. The molecule has 0 spiro atoms. The maximum Gasteiger partial charge on any atom is 0.446 e. The van der Waals surface area contributed by atoms with Crippen LogP contribution in [-0.4, -0.2) is 15.7 Å². The van der Waals surface area contributed by atoms with Crippen LogP contribution in [0.4, 0.5) is 13.2 Å². The van der Waals surface area contributed by atoms with Crippen LogP contribution < -0.4 is 0 Å². The van der Waals surface area contributed by atoms with Gasteiger partial charge in [0.1, 0.15) is 0 Å². The number of fused-ring (bicyclic) bond motifs is 1. The fourth-order valence-electron chi connectivity index (χ4n) is 1.11. The number of hydrogen-bond acceptors (Lipinski definition) is 2. The predicted octanol–water partition coefficient (Wildman–Crippen LogP) is 3.17. The molecule has 0 fully saturated rings. The Morgan fingerprint density at radius 2 is 2.07 bits per heavy atom. The minimum atomic E-state index is -4.24. The summed E-state index contributed by atoms with van der Waals surface area (Å²) in [6.45, 7) is 0. The Labute approximate surface area is 81.5 Å². The number of nitrogens with zero attached hydrogens (tertiary/aromatic N) is 1. The van der Waals surface area contributed by atoms with Gasteiger partial charge in [-0.15, -0.1) is 0 Å². The number of alkyl halides is 3. The van der Waals surface area contributed by atoms with E-state index in [1.54, 1.807) is 12.3 Å². The van der Waals surface area contributed by atoms with Crippen molar-refractivity contribution in [1.29, 1.82) is 0 Å². The molecule has 0 saturated heterocycles. The first-order chi connectivity index (χ1) is 6.54. The molecule has 0 aliphatic rings. The Balaban J connectivity index is 2.35. The molecule has 74 valence electrons. The van der Waals surface area contributed by atoms with Gasteiger partial charge in [-0.3, -0.25) is 5.10 Å². The van der Waals surface area contributed by atoms with E-state index in [0.29, 0.717) is 5.52 Å². The maximum atomic E-state index is 12.0. The molecular formula is C8H5F3N2S. The fourth-order valence-corrected chi connectivity index (χ4v) is 1.69. The van der Waals surface area contributed by atoms with Crippen LogP contribution in [-0.2, 0) is 0 Å². The summed E-state index contributed by atoms with van der Waals surface area (Å²) in [5.41, 5.74) is -3.63. The minimum absolute atomic E-state index is 0.129. The highest BCUT2D eigenvalue weighted by Crippen LogP contribution is 2.37. The van der Waals surface area contributed by atoms with Gasteiger partial charge < -0.3 is 0 Å². The monoisotopic (exact) mass is 218 g/mol. The van der Waals surface area contributed by atoms with E-state index < -0.39 is 5.51 Å². The molecule has 0 radical (unpaired) electrons. The van der Waals surface area contributed by atoms with Crippen molar-refractivity contribution in [2.45, 2.75) is 10.4 Å². The fraction of sp³-hybridized carbons (Fsp3) is 0.125. The van der Waals surface area contributed by atoms with Crippen LogP contribution in [0.15, 0.2) is 29.3 Å². The first-order valence-electron chi connectivity index (χ1n) is 3.73. The van der Waals surface area contributed by atoms with Gasteiger partial charge in [0, 0.05) is 10.3 Å². The molecule has 2 rings (SSSR count). The van der Waals surface area contributed by atoms with Gasteiger partial charge in [-0.2, -0.15) is 18.3 Å². The average Bonchev–Trinajstić information content (AvgIpc) is 2.47. The van der Waals surface area contributed by atoms with Gasteiger partial charge in [0.05, 0.1) is 11.7 Å². The Morgan fingerprint density at radius 3 is 2.79 bits per heavy atom. The molecule has 0 amide bonds. The van der Waals surface area contributed by atoms with Crippen molar-refractivity contribution in [3.05, 3.63) is 24.4 Å². The van der Waals surface area contributed by atoms with Crippen LogP contribution in [0, 0.1) is 0 Å². The summed E-state index contributed by atoms with van der Waals surface area (Å²) in [4.78, 5) is 0.161. The van der Waals surface area contributed by atoms with Crippen LogP contribution in [0.25, 0.3) is 10.9 Å². The highest BCUT2D eigenvalue weighted by Gasteiger charge is 2.29. The first kappa shape index (κ1) is 9.39. The zero-order chi connectivity index (χ0) is 10.2. The van der Waals surface area contributed by atoms with Crippen LogP contribution in [0.1, 0.15) is 0 Å². The van der Waals surface area contributed by atoms with Crippen molar-refractivity contribution >= 4 is 22.7 Å². The summed E-state index contributed by atoms with van der Waals surface area (Å²) >= 11 is -0.129. The summed E-state index contributed by atoms with van der Waals surface area (Å²) < 4.78 is 36.0. The molecule has 0 aliphatic carbocycles. The lowest BCUT2D eigenvalue weighted by molar-refractivity contribution is -0.0328. The second-order valence-corrected chi connectivity index (χ2v) is 3.81. The molecule has 0 bridgehead atoms. The van der Waals surface area contributed by atoms with Crippen molar-refractivity contribution in [3.63, 3.8) is 0 Å². The van der Waals surface area contributed by atoms with E-state index in [1.165, 1.54) is 12.1 Å². The number of aromatic amines is 1. The molecule has 0 saturated carbocycles. The maximum absolute atomic E-state index is 12.0. The molecule has 1 N–H and O–H groups in total. The third-order valence-electron chi connectivity index (χ3n) is 1.65. The number of rotatable bonds is 1. The van der Waals surface area contributed by atoms with Gasteiger partial charge in [-0.1, -0.05) is 6.07 Å². The second-order valence-electron chi connectivity index (χ2n) is 2.67. The summed E-state index contributed by atoms with van der Waals surface area (Å²) in [6.07, 6.45) is 1.57. The molecule has 1 aromatic heterocycles. The molecular weight excluding hydrogens is 213 g/mol. The van der Waals surface area contributed by atoms with Gasteiger partial charge in [0.15, 0.2) is 0 Å². The number of thioether (sulfide) groups is 1. The number of aromatic nitrogens is 2. The van der Waals surface area contributed by atoms with Crippen molar-refractivity contribution in [2.75, 3.05) is 0 Å². The number of nitrogens with one attached hydrogen (secondary N) is 1. The highest BCUT2D eigenvalue weighted by atomic mass is 32.2. The van der Waals surface area contributed by atoms with E-state index in [4.69, 9.17) is 0 Å². The van der Waals surface area contributed by atoms with Gasteiger partial charge in [-0.25, -0.2) is 0 Å². The lowest BCUT2D eigenvalue weighted by Crippen LogP contribution is -1.98. The zero-order valence-corrected chi connectivity index (χ0v) is 7.62. The lowest BCUT2D eigenvalue weighted by atomic mass is 10.3. The number of benzene rings is 1. The van der Waals surface area contributed by atoms with E-state index in [2.05, 4.69) is 10.2 Å². The molecule has 1 heterocycles. The van der Waals surface area contributed by atoms with Crippen LogP contribution in [0.5, 0.6) is 0 Å². The Bertz CT molecular complexity index is 449. The van der Waals surface area contributed by atoms with Crippen LogP contribution >= 0.6 is 11.8 Å². The lowest BCUT2D eigenvalue weighted by Gasteiger charge is -2.04. The third kappa shape index (κ3) is 2.01. The first-order valence-corrected chi connectivity index (χ1v) is 4.55. The number of H-pyrrole nitrogens is 1. The van der Waals surface area contributed by atoms with Crippen molar-refractivity contribution in [2.24, 2.45) is 0 Å². The van der Waals surface area contributed by atoms with Gasteiger partial charge in [0.25, 0.3) is 0 Å². The van der Waals surface area contributed by atoms with E-state index >= 15 is 0 Å². The predicted molar refractivity (Wildman–Crippen MR) is 48.0 cm³/mol. The standard InChI is InChI=1S/C8H5F3N2S/c9-8(10,11)14-6-2-1-5-4-12-13-7(5)3-6/h1-4H,(H,12,13). The molecule has 0 unspecified atom stereocenters. The molecule has 2 nitrogen and oxygen atoms in total. The second kappa shape index (κ2) is 3.20. The topological polar surface area (TPSA) is 28.7 Å². The van der Waals surface area contributed by atoms with Crippen molar-refractivity contribution < 1.29 is 13.2 Å². The largest absolute Gasteiger partial charge is 0.446 e. The van der Waals surface area contributed by atoms with E-state index in [9.17, 15) is 13.2 Å². The normalized spacial score (nSPS) is 12.2.